The van der Waals surface area contributed by atoms with E-state index in [1.807, 2.05) is 20.8 Å². The smallest absolute Gasteiger partial charge is 0.405 e. The first kappa shape index (κ1) is 22.6. The molecule has 11 heteroatoms. The second-order valence-corrected chi connectivity index (χ2v) is 9.56. The van der Waals surface area contributed by atoms with Crippen LogP contribution in [0, 0.1) is 0 Å². The van der Waals surface area contributed by atoms with Gasteiger partial charge in [-0.25, -0.2) is 13.4 Å². The molecular weight excluding hydrogens is 435 g/mol. The number of alkyl halides is 3. The van der Waals surface area contributed by atoms with Crippen LogP contribution in [0.15, 0.2) is 51.8 Å². The molecule has 0 saturated heterocycles. The van der Waals surface area contributed by atoms with Crippen molar-refractivity contribution in [1.82, 2.24) is 10.3 Å². The number of carbonyl (C=O) groups is 1. The van der Waals surface area contributed by atoms with Crippen LogP contribution in [0.5, 0.6) is 0 Å². The quantitative estimate of drug-likeness (QED) is 0.600. The molecule has 2 aromatic carbocycles. The van der Waals surface area contributed by atoms with E-state index in [1.54, 1.807) is 11.4 Å². The van der Waals surface area contributed by atoms with Gasteiger partial charge in [0.15, 0.2) is 5.58 Å². The minimum absolute atomic E-state index is 0.0954. The predicted molar refractivity (Wildman–Crippen MR) is 108 cm³/mol. The standard InChI is InChI=1S/C20H20F3N3O4S/c1-19(2,3)18-25-15-10-13(6-9-16(15)30-18)26-31(28,29)14-7-4-12(5-8-14)17(27)24-11-20(21,22)23/h4-10,26H,11H2,1-3H3,(H,24,27). The summed E-state index contributed by atoms with van der Waals surface area (Å²) in [6, 6.07) is 9.20. The van der Waals surface area contributed by atoms with Gasteiger partial charge in [0.2, 0.25) is 5.89 Å². The maximum Gasteiger partial charge on any atom is 0.405 e. The Kier molecular flexibility index (Phi) is 5.74. The SMILES string of the molecule is CC(C)(C)c1nc2cc(NS(=O)(=O)c3ccc(C(=O)NCC(F)(F)F)cc3)ccc2o1. The van der Waals surface area contributed by atoms with Gasteiger partial charge in [-0.3, -0.25) is 9.52 Å². The number of hydrogen-bond acceptors (Lipinski definition) is 5. The van der Waals surface area contributed by atoms with E-state index in [2.05, 4.69) is 9.71 Å². The number of carbonyl (C=O) groups excluding carboxylic acids is 1. The molecule has 0 bridgehead atoms. The number of nitrogens with one attached hydrogen (secondary N) is 2. The zero-order chi connectivity index (χ0) is 23.0. The average molecular weight is 455 g/mol. The molecule has 0 fully saturated rings. The normalized spacial score (nSPS) is 12.7. The maximum atomic E-state index is 12.6. The van der Waals surface area contributed by atoms with E-state index in [1.165, 1.54) is 12.1 Å². The Labute approximate surface area is 176 Å². The first-order valence-corrected chi connectivity index (χ1v) is 10.6. The van der Waals surface area contributed by atoms with Gasteiger partial charge < -0.3 is 9.73 Å². The number of fused-ring (bicyclic) bond motifs is 1. The van der Waals surface area contributed by atoms with Crippen molar-refractivity contribution in [2.24, 2.45) is 0 Å². The summed E-state index contributed by atoms with van der Waals surface area (Å²) in [5, 5.41) is 1.72. The van der Waals surface area contributed by atoms with Crippen LogP contribution in [0.4, 0.5) is 18.9 Å². The molecule has 3 rings (SSSR count). The lowest BCUT2D eigenvalue weighted by Gasteiger charge is -2.11. The molecule has 2 N–H and O–H groups in total. The van der Waals surface area contributed by atoms with Crippen molar-refractivity contribution in [3.05, 3.63) is 53.9 Å². The van der Waals surface area contributed by atoms with Crippen LogP contribution in [0.2, 0.25) is 0 Å². The number of oxazole rings is 1. The second-order valence-electron chi connectivity index (χ2n) is 7.88. The summed E-state index contributed by atoms with van der Waals surface area (Å²) >= 11 is 0. The lowest BCUT2D eigenvalue weighted by molar-refractivity contribution is -0.123. The Bertz CT molecular complexity index is 1210. The van der Waals surface area contributed by atoms with E-state index < -0.39 is 28.7 Å². The van der Waals surface area contributed by atoms with Crippen LogP contribution in [0.1, 0.15) is 37.0 Å². The summed E-state index contributed by atoms with van der Waals surface area (Å²) in [4.78, 5) is 16.0. The van der Waals surface area contributed by atoms with E-state index in [4.69, 9.17) is 4.42 Å². The second kappa shape index (κ2) is 7.88. The summed E-state index contributed by atoms with van der Waals surface area (Å²) in [6.45, 7) is 4.34. The zero-order valence-electron chi connectivity index (χ0n) is 16.9. The van der Waals surface area contributed by atoms with E-state index in [0.29, 0.717) is 17.0 Å². The highest BCUT2D eigenvalue weighted by atomic mass is 32.2. The van der Waals surface area contributed by atoms with Gasteiger partial charge >= 0.3 is 6.18 Å². The Morgan fingerprint density at radius 1 is 1.06 bits per heavy atom. The molecule has 166 valence electrons. The van der Waals surface area contributed by atoms with Gasteiger partial charge in [-0.05, 0) is 42.5 Å². The topological polar surface area (TPSA) is 101 Å². The van der Waals surface area contributed by atoms with Gasteiger partial charge in [-0.2, -0.15) is 13.2 Å². The largest absolute Gasteiger partial charge is 0.440 e. The molecule has 1 heterocycles. The Morgan fingerprint density at radius 2 is 1.71 bits per heavy atom. The number of aromatic nitrogens is 1. The molecule has 0 radical (unpaired) electrons. The van der Waals surface area contributed by atoms with Crippen molar-refractivity contribution in [3.8, 4) is 0 Å². The molecule has 1 aromatic heterocycles. The van der Waals surface area contributed by atoms with E-state index in [0.717, 1.165) is 24.3 Å². The third kappa shape index (κ3) is 5.54. The molecule has 0 atom stereocenters. The third-order valence-corrected chi connectivity index (χ3v) is 5.55. The fourth-order valence-corrected chi connectivity index (χ4v) is 3.64. The number of rotatable bonds is 5. The lowest BCUT2D eigenvalue weighted by Crippen LogP contribution is -2.33. The van der Waals surface area contributed by atoms with Gasteiger partial charge in [-0.15, -0.1) is 0 Å². The Balaban J connectivity index is 1.76. The average Bonchev–Trinajstić information content (AvgIpc) is 3.09. The molecule has 0 aliphatic rings. The molecule has 3 aromatic rings. The molecule has 1 amide bonds. The van der Waals surface area contributed by atoms with Gasteiger partial charge in [0.05, 0.1) is 10.6 Å². The third-order valence-electron chi connectivity index (χ3n) is 4.16. The number of anilines is 1. The fourth-order valence-electron chi connectivity index (χ4n) is 2.59. The van der Waals surface area contributed by atoms with Gasteiger partial charge in [0.1, 0.15) is 12.1 Å². The number of amides is 1. The highest BCUT2D eigenvalue weighted by Crippen LogP contribution is 2.28. The predicted octanol–water partition coefficient (Wildman–Crippen LogP) is 4.22. The molecule has 31 heavy (non-hydrogen) atoms. The summed E-state index contributed by atoms with van der Waals surface area (Å²) in [5.74, 6) is -0.442. The Hall–Kier alpha value is -3.08. The van der Waals surface area contributed by atoms with Crippen LogP contribution in [0.25, 0.3) is 11.1 Å². The molecule has 0 saturated carbocycles. The van der Waals surface area contributed by atoms with Crippen molar-refractivity contribution >= 4 is 32.7 Å². The Morgan fingerprint density at radius 3 is 2.29 bits per heavy atom. The van der Waals surface area contributed by atoms with Crippen molar-refractivity contribution < 1.29 is 30.8 Å². The summed E-state index contributed by atoms with van der Waals surface area (Å²) < 4.78 is 70.0. The first-order valence-electron chi connectivity index (χ1n) is 9.13. The highest BCUT2D eigenvalue weighted by Gasteiger charge is 2.28. The summed E-state index contributed by atoms with van der Waals surface area (Å²) in [7, 11) is -4.00. The molecule has 0 spiro atoms. The van der Waals surface area contributed by atoms with E-state index >= 15 is 0 Å². The number of benzene rings is 2. The zero-order valence-corrected chi connectivity index (χ0v) is 17.7. The number of hydrogen-bond donors (Lipinski definition) is 2. The van der Waals surface area contributed by atoms with Gasteiger partial charge in [0, 0.05) is 11.0 Å². The highest BCUT2D eigenvalue weighted by molar-refractivity contribution is 7.92. The molecule has 0 aliphatic heterocycles. The van der Waals surface area contributed by atoms with Crippen molar-refractivity contribution in [3.63, 3.8) is 0 Å². The molecular formula is C20H20F3N3O4S. The van der Waals surface area contributed by atoms with Crippen molar-refractivity contribution in [2.75, 3.05) is 11.3 Å². The minimum atomic E-state index is -4.54. The van der Waals surface area contributed by atoms with E-state index in [-0.39, 0.29) is 21.6 Å². The fraction of sp³-hybridized carbons (Fsp3) is 0.300. The molecule has 0 aliphatic carbocycles. The van der Waals surface area contributed by atoms with Crippen LogP contribution in [-0.2, 0) is 15.4 Å². The van der Waals surface area contributed by atoms with E-state index in [9.17, 15) is 26.4 Å². The number of nitrogens with zero attached hydrogens (tertiary/aromatic N) is 1. The molecule has 7 nitrogen and oxygen atoms in total. The van der Waals surface area contributed by atoms with Crippen LogP contribution < -0.4 is 10.0 Å². The number of sulfonamides is 1. The minimum Gasteiger partial charge on any atom is -0.440 e. The van der Waals surface area contributed by atoms with Crippen LogP contribution in [0.3, 0.4) is 0 Å². The van der Waals surface area contributed by atoms with Crippen molar-refractivity contribution in [1.29, 1.82) is 0 Å². The monoisotopic (exact) mass is 455 g/mol. The summed E-state index contributed by atoms with van der Waals surface area (Å²) in [6.07, 6.45) is -4.54. The first-order chi connectivity index (χ1) is 14.2. The molecule has 0 unspecified atom stereocenters. The number of halogens is 3. The van der Waals surface area contributed by atoms with Crippen LogP contribution in [-0.4, -0.2) is 32.0 Å². The van der Waals surface area contributed by atoms with Gasteiger partial charge in [-0.1, -0.05) is 20.8 Å². The van der Waals surface area contributed by atoms with Crippen molar-refractivity contribution in [2.45, 2.75) is 37.3 Å². The lowest BCUT2D eigenvalue weighted by atomic mass is 9.97. The van der Waals surface area contributed by atoms with Gasteiger partial charge in [0.25, 0.3) is 15.9 Å². The maximum absolute atomic E-state index is 12.6. The van der Waals surface area contributed by atoms with Crippen LogP contribution >= 0.6 is 0 Å². The summed E-state index contributed by atoms with van der Waals surface area (Å²) in [5.41, 5.74) is 0.853.